The van der Waals surface area contributed by atoms with Crippen molar-refractivity contribution in [1.29, 1.82) is 0 Å². The molecule has 4 aromatic rings. The molecule has 0 unspecified atom stereocenters. The average molecular weight is 367 g/mol. The maximum absolute atomic E-state index is 4.78. The number of rotatable bonds is 5. The zero-order valence-electron chi connectivity index (χ0n) is 14.1. The van der Waals surface area contributed by atoms with Crippen LogP contribution in [0.2, 0.25) is 0 Å². The van der Waals surface area contributed by atoms with Gasteiger partial charge in [0.15, 0.2) is 5.65 Å². The second-order valence-corrected chi connectivity index (χ2v) is 7.49. The van der Waals surface area contributed by atoms with E-state index in [-0.39, 0.29) is 0 Å². The van der Waals surface area contributed by atoms with Crippen LogP contribution in [-0.2, 0) is 12.3 Å². The first-order chi connectivity index (χ1) is 12.3. The van der Waals surface area contributed by atoms with Gasteiger partial charge in [0.05, 0.1) is 5.52 Å². The van der Waals surface area contributed by atoms with E-state index in [1.54, 1.807) is 23.5 Å². The summed E-state index contributed by atoms with van der Waals surface area (Å²) in [4.78, 5) is 6.06. The second kappa shape index (κ2) is 7.06. The summed E-state index contributed by atoms with van der Waals surface area (Å²) in [5, 5.41) is 10.6. The van der Waals surface area contributed by atoms with E-state index >= 15 is 0 Å². The smallest absolute Gasteiger partial charge is 0.211 e. The number of nitrogens with zero attached hydrogens (tertiary/aromatic N) is 4. The fraction of sp³-hybridized carbons (Fsp3) is 0.211. The minimum atomic E-state index is 0.721. The number of thioether (sulfide) groups is 2. The van der Waals surface area contributed by atoms with Crippen molar-refractivity contribution < 1.29 is 0 Å². The third-order valence-corrected chi connectivity index (χ3v) is 5.85. The normalized spacial score (nSPS) is 11.4. The van der Waals surface area contributed by atoms with Crippen molar-refractivity contribution in [3.63, 3.8) is 0 Å². The van der Waals surface area contributed by atoms with Crippen molar-refractivity contribution in [1.82, 2.24) is 19.7 Å². The summed E-state index contributed by atoms with van der Waals surface area (Å²) in [6.07, 6.45) is 2.09. The van der Waals surface area contributed by atoms with Gasteiger partial charge in [-0.1, -0.05) is 42.1 Å². The van der Waals surface area contributed by atoms with Crippen molar-refractivity contribution in [3.05, 3.63) is 54.1 Å². The SMILES string of the molecule is CCn1c2ccccc2c2nnc(SCc3ccc(SC)cc3)nc21. The summed E-state index contributed by atoms with van der Waals surface area (Å²) in [5.41, 5.74) is 4.23. The molecule has 0 radical (unpaired) electrons. The van der Waals surface area contributed by atoms with Crippen LogP contribution in [0.25, 0.3) is 22.1 Å². The van der Waals surface area contributed by atoms with E-state index in [1.807, 2.05) is 6.07 Å². The predicted molar refractivity (Wildman–Crippen MR) is 106 cm³/mol. The van der Waals surface area contributed by atoms with Crippen LogP contribution in [0, 0.1) is 0 Å². The molecular formula is C19H18N4S2. The minimum Gasteiger partial charge on any atom is -0.324 e. The highest BCUT2D eigenvalue weighted by Crippen LogP contribution is 2.28. The molecule has 0 amide bonds. The summed E-state index contributed by atoms with van der Waals surface area (Å²) in [6, 6.07) is 16.9. The molecule has 0 aliphatic heterocycles. The first-order valence-electron chi connectivity index (χ1n) is 8.17. The Morgan fingerprint density at radius 2 is 1.80 bits per heavy atom. The predicted octanol–water partition coefficient (Wildman–Crippen LogP) is 5.01. The Balaban J connectivity index is 1.65. The second-order valence-electron chi connectivity index (χ2n) is 5.66. The zero-order valence-corrected chi connectivity index (χ0v) is 15.8. The van der Waals surface area contributed by atoms with Gasteiger partial charge in [-0.2, -0.15) is 0 Å². The molecule has 2 aromatic heterocycles. The quantitative estimate of drug-likeness (QED) is 0.464. The molecular weight excluding hydrogens is 348 g/mol. The van der Waals surface area contributed by atoms with Crippen molar-refractivity contribution in [3.8, 4) is 0 Å². The summed E-state index contributed by atoms with van der Waals surface area (Å²) in [5.74, 6) is 0.841. The molecule has 4 rings (SSSR count). The zero-order chi connectivity index (χ0) is 17.2. The van der Waals surface area contributed by atoms with E-state index in [9.17, 15) is 0 Å². The minimum absolute atomic E-state index is 0.721. The third kappa shape index (κ3) is 3.12. The van der Waals surface area contributed by atoms with Crippen LogP contribution < -0.4 is 0 Å². The molecule has 0 fully saturated rings. The first kappa shape index (κ1) is 16.4. The Bertz CT molecular complexity index is 1020. The van der Waals surface area contributed by atoms with Crippen LogP contribution in [0.1, 0.15) is 12.5 Å². The summed E-state index contributed by atoms with van der Waals surface area (Å²) in [6.45, 7) is 3.00. The molecule has 0 N–H and O–H groups in total. The fourth-order valence-electron chi connectivity index (χ4n) is 2.94. The van der Waals surface area contributed by atoms with E-state index in [2.05, 4.69) is 70.4 Å². The Morgan fingerprint density at radius 3 is 2.56 bits per heavy atom. The molecule has 6 heteroatoms. The summed E-state index contributed by atoms with van der Waals surface area (Å²) < 4.78 is 2.21. The Morgan fingerprint density at radius 1 is 1.00 bits per heavy atom. The molecule has 2 aromatic carbocycles. The highest BCUT2D eigenvalue weighted by atomic mass is 32.2. The number of benzene rings is 2. The molecule has 0 bridgehead atoms. The highest BCUT2D eigenvalue weighted by Gasteiger charge is 2.13. The van der Waals surface area contributed by atoms with Crippen molar-refractivity contribution in [2.75, 3.05) is 6.26 Å². The van der Waals surface area contributed by atoms with Gasteiger partial charge in [0.1, 0.15) is 5.52 Å². The van der Waals surface area contributed by atoms with Crippen molar-refractivity contribution in [2.24, 2.45) is 0 Å². The first-order valence-corrected chi connectivity index (χ1v) is 10.4. The average Bonchev–Trinajstić information content (AvgIpc) is 2.99. The molecule has 4 nitrogen and oxygen atoms in total. The van der Waals surface area contributed by atoms with Gasteiger partial charge < -0.3 is 4.57 Å². The third-order valence-electron chi connectivity index (χ3n) is 4.20. The number of hydrogen-bond donors (Lipinski definition) is 0. The lowest BCUT2D eigenvalue weighted by molar-refractivity contribution is 0.789. The van der Waals surface area contributed by atoms with Gasteiger partial charge in [-0.15, -0.1) is 22.0 Å². The molecule has 25 heavy (non-hydrogen) atoms. The lowest BCUT2D eigenvalue weighted by Gasteiger charge is -2.04. The Hall–Kier alpha value is -2.05. The highest BCUT2D eigenvalue weighted by molar-refractivity contribution is 7.98. The van der Waals surface area contributed by atoms with Crippen molar-refractivity contribution in [2.45, 2.75) is 29.3 Å². The fourth-order valence-corrected chi connectivity index (χ4v) is 4.09. The van der Waals surface area contributed by atoms with Gasteiger partial charge >= 0.3 is 0 Å². The molecule has 0 saturated heterocycles. The van der Waals surface area contributed by atoms with Crippen LogP contribution in [0.5, 0.6) is 0 Å². The van der Waals surface area contributed by atoms with Gasteiger partial charge in [-0.05, 0) is 36.9 Å². The van der Waals surface area contributed by atoms with Crippen LogP contribution >= 0.6 is 23.5 Å². The summed E-state index contributed by atoms with van der Waals surface area (Å²) in [7, 11) is 0. The van der Waals surface area contributed by atoms with Crippen molar-refractivity contribution >= 4 is 45.6 Å². The topological polar surface area (TPSA) is 43.6 Å². The molecule has 126 valence electrons. The number of fused-ring (bicyclic) bond motifs is 3. The van der Waals surface area contributed by atoms with E-state index < -0.39 is 0 Å². The Labute approximate surface area is 155 Å². The number of para-hydroxylation sites is 1. The van der Waals surface area contributed by atoms with Crippen LogP contribution in [0.3, 0.4) is 0 Å². The maximum atomic E-state index is 4.78. The van der Waals surface area contributed by atoms with Crippen LogP contribution in [0.15, 0.2) is 58.6 Å². The molecule has 0 spiro atoms. The Kier molecular flexibility index (Phi) is 4.63. The lowest BCUT2D eigenvalue weighted by Crippen LogP contribution is -1.98. The monoisotopic (exact) mass is 366 g/mol. The van der Waals surface area contributed by atoms with Crippen LogP contribution in [0.4, 0.5) is 0 Å². The van der Waals surface area contributed by atoms with E-state index in [0.29, 0.717) is 0 Å². The standard InChI is InChI=1S/C19H18N4S2/c1-3-23-16-7-5-4-6-15(16)17-18(23)20-19(22-21-17)25-12-13-8-10-14(24-2)11-9-13/h4-11H,3,12H2,1-2H3. The molecule has 0 atom stereocenters. The number of aromatic nitrogens is 4. The lowest BCUT2D eigenvalue weighted by atomic mass is 10.2. The molecule has 2 heterocycles. The van der Waals surface area contributed by atoms with Crippen LogP contribution in [-0.4, -0.2) is 26.0 Å². The molecule has 0 saturated carbocycles. The van der Waals surface area contributed by atoms with E-state index in [4.69, 9.17) is 4.98 Å². The van der Waals surface area contributed by atoms with E-state index in [0.717, 1.165) is 39.5 Å². The molecule has 0 aliphatic carbocycles. The maximum Gasteiger partial charge on any atom is 0.211 e. The van der Waals surface area contributed by atoms with Gasteiger partial charge in [-0.25, -0.2) is 4.98 Å². The van der Waals surface area contributed by atoms with Gasteiger partial charge in [-0.3, -0.25) is 0 Å². The van der Waals surface area contributed by atoms with Gasteiger partial charge in [0, 0.05) is 22.6 Å². The molecule has 0 aliphatic rings. The largest absolute Gasteiger partial charge is 0.324 e. The van der Waals surface area contributed by atoms with Gasteiger partial charge in [0.2, 0.25) is 5.16 Å². The number of hydrogen-bond acceptors (Lipinski definition) is 5. The number of aryl methyl sites for hydroxylation is 1. The van der Waals surface area contributed by atoms with Gasteiger partial charge in [0.25, 0.3) is 0 Å². The van der Waals surface area contributed by atoms with E-state index in [1.165, 1.54) is 10.5 Å². The summed E-state index contributed by atoms with van der Waals surface area (Å²) >= 11 is 3.38.